The highest BCUT2D eigenvalue weighted by atomic mass is 15.1. The number of hydrogen-bond donors (Lipinski definition) is 2. The quantitative estimate of drug-likeness (QED) is 0.465. The molecule has 0 fully saturated rings. The van der Waals surface area contributed by atoms with Crippen LogP contribution in [0, 0.1) is 11.8 Å². The van der Waals surface area contributed by atoms with Crippen molar-refractivity contribution in [2.24, 2.45) is 11.8 Å². The van der Waals surface area contributed by atoms with E-state index in [9.17, 15) is 0 Å². The molecule has 0 bridgehead atoms. The fourth-order valence-corrected chi connectivity index (χ4v) is 3.71. The van der Waals surface area contributed by atoms with Gasteiger partial charge in [-0.15, -0.1) is 13.2 Å². The zero-order valence-corrected chi connectivity index (χ0v) is 17.8. The Balaban J connectivity index is 2.26. The molecule has 6 atom stereocenters. The fraction of sp³-hybridized carbons (Fsp3) is 0.385. The van der Waals surface area contributed by atoms with E-state index in [4.69, 9.17) is 0 Å². The predicted molar refractivity (Wildman–Crippen MR) is 122 cm³/mol. The van der Waals surface area contributed by atoms with Gasteiger partial charge in [0.15, 0.2) is 0 Å². The Morgan fingerprint density at radius 1 is 0.607 bits per heavy atom. The van der Waals surface area contributed by atoms with Crippen LogP contribution in [0.2, 0.25) is 0 Å². The van der Waals surface area contributed by atoms with Crippen LogP contribution in [0.4, 0.5) is 0 Å². The van der Waals surface area contributed by atoms with Crippen molar-refractivity contribution >= 4 is 0 Å². The maximum Gasteiger partial charge on any atom is 0.0295 e. The van der Waals surface area contributed by atoms with E-state index in [0.29, 0.717) is 11.8 Å². The van der Waals surface area contributed by atoms with Gasteiger partial charge < -0.3 is 10.6 Å². The highest BCUT2D eigenvalue weighted by Gasteiger charge is 2.31. The standard InChI is InChI=1S/C26H36N2/c1-7-19(3)25(27-21(5)23-15-11-9-12-16-23)26(20(4)8-2)28-22(6)24-17-13-10-14-18-24/h7-22,25-28H,1-2H2,3-6H3/t19-,20+,21-,22-,25+,26+/m0/s1. The molecule has 28 heavy (non-hydrogen) atoms. The van der Waals surface area contributed by atoms with Gasteiger partial charge in [-0.1, -0.05) is 86.7 Å². The Hall–Kier alpha value is -2.16. The van der Waals surface area contributed by atoms with Crippen LogP contribution in [0.1, 0.15) is 50.9 Å². The van der Waals surface area contributed by atoms with Crippen molar-refractivity contribution in [3.63, 3.8) is 0 Å². The number of rotatable bonds is 11. The predicted octanol–water partition coefficient (Wildman–Crippen LogP) is 6.07. The summed E-state index contributed by atoms with van der Waals surface area (Å²) in [4.78, 5) is 0. The molecule has 0 unspecified atom stereocenters. The zero-order chi connectivity index (χ0) is 20.5. The van der Waals surface area contributed by atoms with Crippen LogP contribution in [0.25, 0.3) is 0 Å². The van der Waals surface area contributed by atoms with Crippen LogP contribution in [-0.4, -0.2) is 12.1 Å². The first-order valence-corrected chi connectivity index (χ1v) is 10.3. The van der Waals surface area contributed by atoms with Gasteiger partial charge in [-0.05, 0) is 36.8 Å². The Labute approximate surface area is 171 Å². The summed E-state index contributed by atoms with van der Waals surface area (Å²) in [5.41, 5.74) is 2.59. The highest BCUT2D eigenvalue weighted by molar-refractivity contribution is 5.20. The fourth-order valence-electron chi connectivity index (χ4n) is 3.71. The van der Waals surface area contributed by atoms with Gasteiger partial charge in [-0.25, -0.2) is 0 Å². The molecule has 0 spiro atoms. The second kappa shape index (κ2) is 11.0. The summed E-state index contributed by atoms with van der Waals surface area (Å²) < 4.78 is 0. The molecule has 0 radical (unpaired) electrons. The molecular formula is C26H36N2. The molecule has 0 saturated heterocycles. The van der Waals surface area contributed by atoms with Gasteiger partial charge in [0.1, 0.15) is 0 Å². The average molecular weight is 377 g/mol. The van der Waals surface area contributed by atoms with E-state index in [1.165, 1.54) is 11.1 Å². The van der Waals surface area contributed by atoms with Crippen LogP contribution in [0.3, 0.4) is 0 Å². The lowest BCUT2D eigenvalue weighted by molar-refractivity contribution is 0.247. The Morgan fingerprint density at radius 2 is 0.929 bits per heavy atom. The minimum absolute atomic E-state index is 0.229. The molecule has 2 rings (SSSR count). The third kappa shape index (κ3) is 5.92. The van der Waals surface area contributed by atoms with Gasteiger partial charge in [-0.3, -0.25) is 0 Å². The van der Waals surface area contributed by atoms with Crippen molar-refractivity contribution in [3.05, 3.63) is 97.1 Å². The molecule has 2 aromatic carbocycles. The minimum Gasteiger partial charge on any atom is -0.305 e. The highest BCUT2D eigenvalue weighted by Crippen LogP contribution is 2.24. The monoisotopic (exact) mass is 376 g/mol. The smallest absolute Gasteiger partial charge is 0.0295 e. The van der Waals surface area contributed by atoms with Gasteiger partial charge in [0, 0.05) is 24.2 Å². The summed E-state index contributed by atoms with van der Waals surface area (Å²) in [6.07, 6.45) is 4.10. The van der Waals surface area contributed by atoms with Gasteiger partial charge in [0.25, 0.3) is 0 Å². The van der Waals surface area contributed by atoms with Crippen molar-refractivity contribution in [1.29, 1.82) is 0 Å². The third-order valence-electron chi connectivity index (χ3n) is 5.75. The average Bonchev–Trinajstić information content (AvgIpc) is 2.75. The van der Waals surface area contributed by atoms with Crippen LogP contribution in [0.5, 0.6) is 0 Å². The summed E-state index contributed by atoms with van der Waals surface area (Å²) in [5.74, 6) is 0.628. The first-order valence-electron chi connectivity index (χ1n) is 10.3. The molecule has 0 heterocycles. The van der Waals surface area contributed by atoms with Crippen molar-refractivity contribution in [1.82, 2.24) is 10.6 Å². The lowest BCUT2D eigenvalue weighted by Crippen LogP contribution is -2.54. The van der Waals surface area contributed by atoms with Crippen molar-refractivity contribution < 1.29 is 0 Å². The second-order valence-electron chi connectivity index (χ2n) is 7.84. The normalized spacial score (nSPS) is 17.7. The molecule has 0 aliphatic carbocycles. The summed E-state index contributed by atoms with van der Waals surface area (Å²) in [6.45, 7) is 17.1. The minimum atomic E-state index is 0.229. The SMILES string of the molecule is C=C[C@@H](C)[C@@H](N[C@@H](C)c1ccccc1)[C@H](N[C@@H](C)c1ccccc1)[C@@H](C)C=C. The number of benzene rings is 2. The Bertz CT molecular complexity index is 646. The summed E-state index contributed by atoms with van der Waals surface area (Å²) in [6, 6.07) is 22.2. The second-order valence-corrected chi connectivity index (χ2v) is 7.84. The number of nitrogens with one attached hydrogen (secondary N) is 2. The molecule has 0 aliphatic rings. The molecular weight excluding hydrogens is 340 g/mol. The van der Waals surface area contributed by atoms with Crippen molar-refractivity contribution in [3.8, 4) is 0 Å². The van der Waals surface area contributed by atoms with E-state index in [1.807, 2.05) is 12.2 Å². The Kier molecular flexibility index (Phi) is 8.69. The van der Waals surface area contributed by atoms with E-state index < -0.39 is 0 Å². The van der Waals surface area contributed by atoms with Gasteiger partial charge in [-0.2, -0.15) is 0 Å². The molecule has 0 saturated carbocycles. The summed E-state index contributed by atoms with van der Waals surface area (Å²) in [7, 11) is 0. The van der Waals surface area contributed by atoms with Crippen molar-refractivity contribution in [2.45, 2.75) is 51.9 Å². The topological polar surface area (TPSA) is 24.1 Å². The molecule has 2 heteroatoms. The molecule has 0 aliphatic heterocycles. The molecule has 0 aromatic heterocycles. The van der Waals surface area contributed by atoms with E-state index in [0.717, 1.165) is 0 Å². The molecule has 150 valence electrons. The first kappa shape index (κ1) is 22.1. The summed E-state index contributed by atoms with van der Waals surface area (Å²) in [5, 5.41) is 7.75. The van der Waals surface area contributed by atoms with Gasteiger partial charge in [0.2, 0.25) is 0 Å². The van der Waals surface area contributed by atoms with E-state index >= 15 is 0 Å². The van der Waals surface area contributed by atoms with Crippen LogP contribution in [-0.2, 0) is 0 Å². The largest absolute Gasteiger partial charge is 0.305 e. The molecule has 0 amide bonds. The third-order valence-corrected chi connectivity index (χ3v) is 5.75. The van der Waals surface area contributed by atoms with Gasteiger partial charge >= 0.3 is 0 Å². The maximum atomic E-state index is 4.07. The molecule has 2 aromatic rings. The zero-order valence-electron chi connectivity index (χ0n) is 17.8. The van der Waals surface area contributed by atoms with Crippen LogP contribution < -0.4 is 10.6 Å². The van der Waals surface area contributed by atoms with Crippen LogP contribution >= 0.6 is 0 Å². The molecule has 2 nitrogen and oxygen atoms in total. The van der Waals surface area contributed by atoms with E-state index in [1.54, 1.807) is 0 Å². The van der Waals surface area contributed by atoms with E-state index in [-0.39, 0.29) is 24.2 Å². The van der Waals surface area contributed by atoms with Crippen molar-refractivity contribution in [2.75, 3.05) is 0 Å². The summed E-state index contributed by atoms with van der Waals surface area (Å²) >= 11 is 0. The molecule has 2 N–H and O–H groups in total. The van der Waals surface area contributed by atoms with Crippen LogP contribution in [0.15, 0.2) is 86.0 Å². The first-order chi connectivity index (χ1) is 13.5. The Morgan fingerprint density at radius 3 is 1.21 bits per heavy atom. The van der Waals surface area contributed by atoms with Gasteiger partial charge in [0.05, 0.1) is 0 Å². The lowest BCUT2D eigenvalue weighted by atomic mass is 9.85. The van der Waals surface area contributed by atoms with E-state index in [2.05, 4.69) is 112 Å². The number of hydrogen-bond acceptors (Lipinski definition) is 2. The maximum absolute atomic E-state index is 4.07. The lowest BCUT2D eigenvalue weighted by Gasteiger charge is -2.39.